The molecule has 0 spiro atoms. The van der Waals surface area contributed by atoms with Crippen molar-refractivity contribution in [3.8, 4) is 0 Å². The fraction of sp³-hybridized carbons (Fsp3) is 0.400. The van der Waals surface area contributed by atoms with Gasteiger partial charge in [0.15, 0.2) is 5.82 Å². The first-order valence-electron chi connectivity index (χ1n) is 9.63. The molecule has 1 aromatic carbocycles. The third-order valence-electron chi connectivity index (χ3n) is 4.89. The molecule has 3 aromatic rings. The first-order valence-corrected chi connectivity index (χ1v) is 9.63. The summed E-state index contributed by atoms with van der Waals surface area (Å²) < 4.78 is 7.08. The summed E-state index contributed by atoms with van der Waals surface area (Å²) in [6, 6.07) is 11.6. The maximum atomic E-state index is 12.3. The van der Waals surface area contributed by atoms with Crippen molar-refractivity contribution in [2.24, 2.45) is 0 Å². The molecule has 28 heavy (non-hydrogen) atoms. The molecular weight excluding hydrogens is 356 g/mol. The van der Waals surface area contributed by atoms with Crippen molar-refractivity contribution in [3.63, 3.8) is 0 Å². The largest absolute Gasteiger partial charge is 0.339 e. The summed E-state index contributed by atoms with van der Waals surface area (Å²) in [5.41, 5.74) is 1.97. The van der Waals surface area contributed by atoms with Gasteiger partial charge in [0, 0.05) is 24.9 Å². The molecule has 146 valence electrons. The summed E-state index contributed by atoms with van der Waals surface area (Å²) in [4.78, 5) is 16.7. The maximum Gasteiger partial charge on any atom is 0.320 e. The molecule has 2 amide bonds. The van der Waals surface area contributed by atoms with E-state index in [1.54, 1.807) is 4.68 Å². The Hall–Kier alpha value is -3.16. The number of aromatic nitrogens is 4. The highest BCUT2D eigenvalue weighted by Crippen LogP contribution is 2.35. The van der Waals surface area contributed by atoms with E-state index >= 15 is 0 Å². The van der Waals surface area contributed by atoms with Gasteiger partial charge in [-0.05, 0) is 25.3 Å². The topological polar surface area (TPSA) is 97.9 Å². The van der Waals surface area contributed by atoms with Crippen molar-refractivity contribution in [2.75, 3.05) is 11.9 Å². The van der Waals surface area contributed by atoms with Crippen LogP contribution in [0.2, 0.25) is 0 Å². The van der Waals surface area contributed by atoms with Crippen molar-refractivity contribution >= 4 is 11.8 Å². The molecule has 2 heterocycles. The summed E-state index contributed by atoms with van der Waals surface area (Å²) in [7, 11) is 0. The van der Waals surface area contributed by atoms with Crippen LogP contribution >= 0.6 is 0 Å². The van der Waals surface area contributed by atoms with Crippen LogP contribution in [0.4, 0.5) is 10.6 Å². The van der Waals surface area contributed by atoms with Crippen LogP contribution in [-0.4, -0.2) is 32.5 Å². The van der Waals surface area contributed by atoms with Crippen LogP contribution < -0.4 is 10.6 Å². The zero-order valence-electron chi connectivity index (χ0n) is 15.9. The van der Waals surface area contributed by atoms with Gasteiger partial charge in [0.25, 0.3) is 0 Å². The molecule has 1 aliphatic rings. The molecule has 0 atom stereocenters. The SMILES string of the molecule is Cc1cc(NC(=O)NCCc2noc(C3CCC3)n2)n(Cc2ccccc2)n1. The molecule has 2 N–H and O–H groups in total. The fourth-order valence-corrected chi connectivity index (χ4v) is 3.16. The lowest BCUT2D eigenvalue weighted by molar-refractivity contribution is 0.252. The number of hydrogen-bond acceptors (Lipinski definition) is 5. The van der Waals surface area contributed by atoms with Crippen molar-refractivity contribution < 1.29 is 9.32 Å². The number of nitrogens with one attached hydrogen (secondary N) is 2. The van der Waals surface area contributed by atoms with Gasteiger partial charge in [-0.1, -0.05) is 41.9 Å². The molecule has 1 fully saturated rings. The summed E-state index contributed by atoms with van der Waals surface area (Å²) in [5, 5.41) is 14.2. The number of nitrogens with zero attached hydrogens (tertiary/aromatic N) is 4. The van der Waals surface area contributed by atoms with Gasteiger partial charge in [0.1, 0.15) is 5.82 Å². The molecule has 0 aliphatic heterocycles. The highest BCUT2D eigenvalue weighted by Gasteiger charge is 2.25. The second-order valence-corrected chi connectivity index (χ2v) is 7.12. The molecule has 8 heteroatoms. The summed E-state index contributed by atoms with van der Waals surface area (Å²) in [5.74, 6) is 2.44. The minimum absolute atomic E-state index is 0.281. The van der Waals surface area contributed by atoms with Crippen LogP contribution in [0.5, 0.6) is 0 Å². The standard InChI is InChI=1S/C20H24N6O2/c1-14-12-18(26(24-14)13-15-6-3-2-4-7-15)23-20(27)21-11-10-17-22-19(28-25-17)16-8-5-9-16/h2-4,6-7,12,16H,5,8-11,13H2,1H3,(H2,21,23,27). The van der Waals surface area contributed by atoms with Crippen LogP contribution in [0.3, 0.4) is 0 Å². The third-order valence-corrected chi connectivity index (χ3v) is 4.89. The molecule has 1 aliphatic carbocycles. The number of carbonyl (C=O) groups excluding carboxylic acids is 1. The predicted octanol–water partition coefficient (Wildman–Crippen LogP) is 3.25. The summed E-state index contributed by atoms with van der Waals surface area (Å²) >= 11 is 0. The zero-order chi connectivity index (χ0) is 19.3. The predicted molar refractivity (Wildman–Crippen MR) is 104 cm³/mol. The van der Waals surface area contributed by atoms with Crippen LogP contribution in [0.15, 0.2) is 40.9 Å². The highest BCUT2D eigenvalue weighted by atomic mass is 16.5. The smallest absolute Gasteiger partial charge is 0.320 e. The van der Waals surface area contributed by atoms with Gasteiger partial charge in [-0.15, -0.1) is 0 Å². The number of hydrogen-bond donors (Lipinski definition) is 2. The van der Waals surface area contributed by atoms with Crippen molar-refractivity contribution in [2.45, 2.75) is 45.1 Å². The quantitative estimate of drug-likeness (QED) is 0.656. The van der Waals surface area contributed by atoms with Gasteiger partial charge in [0.2, 0.25) is 5.89 Å². The number of urea groups is 1. The molecule has 8 nitrogen and oxygen atoms in total. The highest BCUT2D eigenvalue weighted by molar-refractivity contribution is 5.88. The Morgan fingerprint density at radius 2 is 2.11 bits per heavy atom. The normalized spacial score (nSPS) is 13.9. The van der Waals surface area contributed by atoms with E-state index in [2.05, 4.69) is 25.9 Å². The van der Waals surface area contributed by atoms with Crippen molar-refractivity contribution in [3.05, 3.63) is 59.4 Å². The van der Waals surface area contributed by atoms with E-state index in [0.717, 1.165) is 30.0 Å². The van der Waals surface area contributed by atoms with E-state index < -0.39 is 0 Å². The Morgan fingerprint density at radius 1 is 1.29 bits per heavy atom. The Bertz CT molecular complexity index is 929. The molecule has 0 radical (unpaired) electrons. The molecule has 0 bridgehead atoms. The number of anilines is 1. The Morgan fingerprint density at radius 3 is 2.86 bits per heavy atom. The first kappa shape index (κ1) is 18.2. The van der Waals surface area contributed by atoms with E-state index in [4.69, 9.17) is 4.52 Å². The van der Waals surface area contributed by atoms with Crippen LogP contribution in [0, 0.1) is 6.92 Å². The lowest BCUT2D eigenvalue weighted by Crippen LogP contribution is -2.31. The minimum atomic E-state index is -0.281. The molecule has 0 saturated heterocycles. The number of carbonyl (C=O) groups is 1. The summed E-state index contributed by atoms with van der Waals surface area (Å²) in [6.45, 7) is 2.93. The van der Waals surface area contributed by atoms with Gasteiger partial charge in [-0.3, -0.25) is 5.32 Å². The lowest BCUT2D eigenvalue weighted by atomic mass is 9.85. The minimum Gasteiger partial charge on any atom is -0.339 e. The number of rotatable bonds is 7. The Kier molecular flexibility index (Phi) is 5.36. The molecule has 4 rings (SSSR count). The van der Waals surface area contributed by atoms with E-state index in [1.165, 1.54) is 6.42 Å². The number of benzene rings is 1. The average Bonchev–Trinajstić information content (AvgIpc) is 3.21. The van der Waals surface area contributed by atoms with Gasteiger partial charge in [-0.25, -0.2) is 9.48 Å². The zero-order valence-corrected chi connectivity index (χ0v) is 15.9. The number of amides is 2. The molecule has 2 aromatic heterocycles. The second kappa shape index (κ2) is 8.24. The maximum absolute atomic E-state index is 12.3. The van der Waals surface area contributed by atoms with E-state index in [-0.39, 0.29) is 6.03 Å². The first-order chi connectivity index (χ1) is 13.7. The van der Waals surface area contributed by atoms with Crippen LogP contribution in [-0.2, 0) is 13.0 Å². The van der Waals surface area contributed by atoms with Crippen LogP contribution in [0.25, 0.3) is 0 Å². The third kappa shape index (κ3) is 4.39. The van der Waals surface area contributed by atoms with E-state index in [9.17, 15) is 4.79 Å². The van der Waals surface area contributed by atoms with E-state index in [0.29, 0.717) is 37.1 Å². The molecule has 1 saturated carbocycles. The van der Waals surface area contributed by atoms with Gasteiger partial charge in [-0.2, -0.15) is 10.1 Å². The second-order valence-electron chi connectivity index (χ2n) is 7.12. The van der Waals surface area contributed by atoms with Gasteiger partial charge in [0.05, 0.1) is 12.2 Å². The van der Waals surface area contributed by atoms with Crippen molar-refractivity contribution in [1.29, 1.82) is 0 Å². The Labute approximate surface area is 163 Å². The van der Waals surface area contributed by atoms with Crippen LogP contribution in [0.1, 0.15) is 48.2 Å². The molecular formula is C20H24N6O2. The van der Waals surface area contributed by atoms with Gasteiger partial charge >= 0.3 is 6.03 Å². The van der Waals surface area contributed by atoms with Gasteiger partial charge < -0.3 is 9.84 Å². The molecule has 0 unspecified atom stereocenters. The number of aryl methyl sites for hydroxylation is 1. The monoisotopic (exact) mass is 380 g/mol. The lowest BCUT2D eigenvalue weighted by Gasteiger charge is -2.20. The van der Waals surface area contributed by atoms with Crippen molar-refractivity contribution in [1.82, 2.24) is 25.2 Å². The fourth-order valence-electron chi connectivity index (χ4n) is 3.16. The summed E-state index contributed by atoms with van der Waals surface area (Å²) in [6.07, 6.45) is 4.01. The average molecular weight is 380 g/mol. The Balaban J connectivity index is 1.28. The van der Waals surface area contributed by atoms with E-state index in [1.807, 2.05) is 43.3 Å².